The Kier molecular flexibility index (Phi) is 3.54. The SMILES string of the molecule is COC(=O)c1cc(OC)cc(N=C=O)n1. The summed E-state index contributed by atoms with van der Waals surface area (Å²) in [5.41, 5.74) is 0.0193. The highest BCUT2D eigenvalue weighted by Gasteiger charge is 2.10. The fraction of sp³-hybridized carbons (Fsp3) is 0.222. The van der Waals surface area contributed by atoms with Gasteiger partial charge in [0.05, 0.1) is 14.2 Å². The van der Waals surface area contributed by atoms with Gasteiger partial charge in [-0.25, -0.2) is 14.6 Å². The minimum Gasteiger partial charge on any atom is -0.497 e. The van der Waals surface area contributed by atoms with Crippen molar-refractivity contribution in [3.8, 4) is 5.75 Å². The Morgan fingerprint density at radius 1 is 1.47 bits per heavy atom. The lowest BCUT2D eigenvalue weighted by atomic mass is 10.3. The number of methoxy groups -OCH3 is 2. The van der Waals surface area contributed by atoms with Crippen LogP contribution in [0.15, 0.2) is 17.1 Å². The maximum atomic E-state index is 11.2. The highest BCUT2D eigenvalue weighted by Crippen LogP contribution is 2.19. The molecule has 0 spiro atoms. The van der Waals surface area contributed by atoms with Gasteiger partial charge in [0.15, 0.2) is 11.5 Å². The lowest BCUT2D eigenvalue weighted by molar-refractivity contribution is 0.0593. The van der Waals surface area contributed by atoms with E-state index < -0.39 is 5.97 Å². The minimum absolute atomic E-state index is 0.0193. The molecule has 1 aromatic rings. The van der Waals surface area contributed by atoms with Crippen molar-refractivity contribution in [3.63, 3.8) is 0 Å². The maximum Gasteiger partial charge on any atom is 0.356 e. The fourth-order valence-corrected chi connectivity index (χ4v) is 0.923. The quantitative estimate of drug-likeness (QED) is 0.418. The van der Waals surface area contributed by atoms with Crippen molar-refractivity contribution in [2.75, 3.05) is 14.2 Å². The van der Waals surface area contributed by atoms with Gasteiger partial charge in [0.2, 0.25) is 6.08 Å². The van der Waals surface area contributed by atoms with Crippen molar-refractivity contribution in [1.82, 2.24) is 4.98 Å². The third kappa shape index (κ3) is 2.62. The highest BCUT2D eigenvalue weighted by molar-refractivity contribution is 5.88. The molecule has 0 saturated carbocycles. The van der Waals surface area contributed by atoms with E-state index in [-0.39, 0.29) is 11.5 Å². The molecule has 0 N–H and O–H groups in total. The molecule has 15 heavy (non-hydrogen) atoms. The van der Waals surface area contributed by atoms with E-state index in [9.17, 15) is 9.59 Å². The number of carbonyl (C=O) groups excluding carboxylic acids is 2. The Balaban J connectivity index is 3.22. The van der Waals surface area contributed by atoms with Crippen molar-refractivity contribution in [2.24, 2.45) is 4.99 Å². The lowest BCUT2D eigenvalue weighted by Gasteiger charge is -2.03. The molecule has 0 aliphatic carbocycles. The summed E-state index contributed by atoms with van der Waals surface area (Å²) in [6, 6.07) is 2.78. The van der Waals surface area contributed by atoms with Gasteiger partial charge in [-0.3, -0.25) is 0 Å². The monoisotopic (exact) mass is 208 g/mol. The molecule has 0 radical (unpaired) electrons. The summed E-state index contributed by atoms with van der Waals surface area (Å²) in [6.45, 7) is 0. The van der Waals surface area contributed by atoms with Gasteiger partial charge in [-0.1, -0.05) is 0 Å². The smallest absolute Gasteiger partial charge is 0.356 e. The van der Waals surface area contributed by atoms with Gasteiger partial charge in [-0.05, 0) is 0 Å². The van der Waals surface area contributed by atoms with Crippen LogP contribution in [-0.2, 0) is 9.53 Å². The number of hydrogen-bond acceptors (Lipinski definition) is 6. The Labute approximate surface area is 85.6 Å². The van der Waals surface area contributed by atoms with E-state index >= 15 is 0 Å². The first kappa shape index (κ1) is 10.9. The van der Waals surface area contributed by atoms with Crippen molar-refractivity contribution < 1.29 is 19.1 Å². The second-order valence-corrected chi connectivity index (χ2v) is 2.45. The predicted molar refractivity (Wildman–Crippen MR) is 49.9 cm³/mol. The second-order valence-electron chi connectivity index (χ2n) is 2.45. The van der Waals surface area contributed by atoms with Gasteiger partial charge >= 0.3 is 5.97 Å². The van der Waals surface area contributed by atoms with Crippen LogP contribution in [0.25, 0.3) is 0 Å². The molecular weight excluding hydrogens is 200 g/mol. The van der Waals surface area contributed by atoms with Crippen LogP contribution < -0.4 is 4.74 Å². The van der Waals surface area contributed by atoms with Crippen LogP contribution in [0.2, 0.25) is 0 Å². The van der Waals surface area contributed by atoms with Crippen LogP contribution in [0.5, 0.6) is 5.75 Å². The molecule has 0 amide bonds. The van der Waals surface area contributed by atoms with E-state index in [0.29, 0.717) is 5.75 Å². The van der Waals surface area contributed by atoms with Crippen LogP contribution >= 0.6 is 0 Å². The van der Waals surface area contributed by atoms with Crippen molar-refractivity contribution >= 4 is 17.9 Å². The zero-order chi connectivity index (χ0) is 11.3. The van der Waals surface area contributed by atoms with Crippen LogP contribution in [-0.4, -0.2) is 31.3 Å². The summed E-state index contributed by atoms with van der Waals surface area (Å²) in [5.74, 6) is -0.222. The molecule has 0 unspecified atom stereocenters. The Morgan fingerprint density at radius 3 is 2.73 bits per heavy atom. The molecule has 0 aromatic carbocycles. The molecule has 0 atom stereocenters. The molecule has 6 heteroatoms. The standard InChI is InChI=1S/C9H8N2O4/c1-14-6-3-7(9(13)15-2)11-8(4-6)10-5-12/h3-4H,1-2H3. The fourth-order valence-electron chi connectivity index (χ4n) is 0.923. The number of aromatic nitrogens is 1. The van der Waals surface area contributed by atoms with E-state index in [2.05, 4.69) is 14.7 Å². The van der Waals surface area contributed by atoms with Gasteiger partial charge < -0.3 is 9.47 Å². The summed E-state index contributed by atoms with van der Waals surface area (Å²) < 4.78 is 9.37. The number of aliphatic imine (C=N–C) groups is 1. The Morgan fingerprint density at radius 2 is 2.20 bits per heavy atom. The summed E-state index contributed by atoms with van der Waals surface area (Å²) in [7, 11) is 2.65. The van der Waals surface area contributed by atoms with E-state index in [1.165, 1.54) is 32.4 Å². The molecule has 1 aromatic heterocycles. The van der Waals surface area contributed by atoms with Crippen LogP contribution in [0.4, 0.5) is 5.82 Å². The number of rotatable bonds is 3. The first-order valence-corrected chi connectivity index (χ1v) is 3.93. The van der Waals surface area contributed by atoms with E-state index in [1.54, 1.807) is 0 Å². The first-order valence-electron chi connectivity index (χ1n) is 3.93. The second kappa shape index (κ2) is 4.88. The Bertz CT molecular complexity index is 424. The number of hydrogen-bond donors (Lipinski definition) is 0. The summed E-state index contributed by atoms with van der Waals surface area (Å²) in [6.07, 6.45) is 1.32. The summed E-state index contributed by atoms with van der Waals surface area (Å²) in [5, 5.41) is 0. The van der Waals surface area contributed by atoms with Gasteiger partial charge in [0.1, 0.15) is 5.75 Å². The van der Waals surface area contributed by atoms with Gasteiger partial charge in [0, 0.05) is 12.1 Å². The zero-order valence-electron chi connectivity index (χ0n) is 8.18. The largest absolute Gasteiger partial charge is 0.497 e. The normalized spacial score (nSPS) is 8.93. The van der Waals surface area contributed by atoms with E-state index in [0.717, 1.165) is 0 Å². The minimum atomic E-state index is -0.628. The molecule has 0 aliphatic heterocycles. The predicted octanol–water partition coefficient (Wildman–Crippen LogP) is 0.844. The number of esters is 1. The molecule has 78 valence electrons. The molecule has 1 heterocycles. The van der Waals surface area contributed by atoms with Gasteiger partial charge in [-0.15, -0.1) is 4.99 Å². The number of pyridine rings is 1. The van der Waals surface area contributed by atoms with E-state index in [1.807, 2.05) is 0 Å². The average Bonchev–Trinajstić information content (AvgIpc) is 2.28. The van der Waals surface area contributed by atoms with Crippen molar-refractivity contribution in [3.05, 3.63) is 17.8 Å². The Hall–Kier alpha value is -2.20. The average molecular weight is 208 g/mol. The molecular formula is C9H8N2O4. The highest BCUT2D eigenvalue weighted by atomic mass is 16.5. The zero-order valence-corrected chi connectivity index (χ0v) is 8.18. The number of nitrogens with zero attached hydrogens (tertiary/aromatic N) is 2. The molecule has 0 aliphatic rings. The molecule has 0 bridgehead atoms. The van der Waals surface area contributed by atoms with Crippen molar-refractivity contribution in [2.45, 2.75) is 0 Å². The molecule has 0 saturated heterocycles. The summed E-state index contributed by atoms with van der Waals surface area (Å²) >= 11 is 0. The van der Waals surface area contributed by atoms with Gasteiger partial charge in [-0.2, -0.15) is 0 Å². The maximum absolute atomic E-state index is 11.2. The molecule has 1 rings (SSSR count). The number of isocyanates is 1. The third-order valence-electron chi connectivity index (χ3n) is 1.58. The van der Waals surface area contributed by atoms with E-state index in [4.69, 9.17) is 4.74 Å². The topological polar surface area (TPSA) is 77.9 Å². The van der Waals surface area contributed by atoms with Crippen molar-refractivity contribution in [1.29, 1.82) is 0 Å². The molecule has 0 fully saturated rings. The first-order chi connectivity index (χ1) is 7.21. The number of carbonyl (C=O) groups is 1. The van der Waals surface area contributed by atoms with Crippen LogP contribution in [0, 0.1) is 0 Å². The third-order valence-corrected chi connectivity index (χ3v) is 1.58. The number of ether oxygens (including phenoxy) is 2. The summed E-state index contributed by atoms with van der Waals surface area (Å²) in [4.78, 5) is 28.2. The molecule has 6 nitrogen and oxygen atoms in total. The lowest BCUT2D eigenvalue weighted by Crippen LogP contribution is -2.04. The van der Waals surface area contributed by atoms with Crippen LogP contribution in [0.1, 0.15) is 10.5 Å². The van der Waals surface area contributed by atoms with Gasteiger partial charge in [0.25, 0.3) is 0 Å². The van der Waals surface area contributed by atoms with Crippen LogP contribution in [0.3, 0.4) is 0 Å².